The monoisotopic (exact) mass is 313 g/mol. The van der Waals surface area contributed by atoms with Crippen molar-refractivity contribution in [2.45, 2.75) is 26.3 Å². The molecule has 1 atom stereocenters. The Bertz CT molecular complexity index is 516. The summed E-state index contributed by atoms with van der Waals surface area (Å²) in [6.45, 7) is 3.66. The quantitative estimate of drug-likeness (QED) is 0.818. The topological polar surface area (TPSA) is 64.6 Å². The van der Waals surface area contributed by atoms with E-state index in [9.17, 15) is 9.59 Å². The highest BCUT2D eigenvalue weighted by molar-refractivity contribution is 6.31. The fraction of sp³-hybridized carbons (Fsp3) is 0.467. The number of ether oxygens (including phenoxy) is 2. The third kappa shape index (κ3) is 4.63. The highest BCUT2D eigenvalue weighted by Gasteiger charge is 2.25. The van der Waals surface area contributed by atoms with Crippen LogP contribution in [0.25, 0.3) is 0 Å². The third-order valence-electron chi connectivity index (χ3n) is 3.07. The first-order chi connectivity index (χ1) is 9.90. The van der Waals surface area contributed by atoms with Crippen molar-refractivity contribution in [3.05, 3.63) is 28.8 Å². The Morgan fingerprint density at radius 3 is 2.48 bits per heavy atom. The Balaban J connectivity index is 2.84. The van der Waals surface area contributed by atoms with Gasteiger partial charge in [-0.15, -0.1) is 0 Å². The van der Waals surface area contributed by atoms with Gasteiger partial charge in [-0.2, -0.15) is 0 Å². The van der Waals surface area contributed by atoms with Gasteiger partial charge in [0.15, 0.2) is 0 Å². The third-order valence-corrected chi connectivity index (χ3v) is 3.43. The predicted octanol–water partition coefficient (Wildman–Crippen LogP) is 2.20. The van der Waals surface area contributed by atoms with Crippen molar-refractivity contribution in [3.63, 3.8) is 0 Å². The van der Waals surface area contributed by atoms with Crippen LogP contribution in [0.5, 0.6) is 5.75 Å². The van der Waals surface area contributed by atoms with E-state index in [0.717, 1.165) is 0 Å². The lowest BCUT2D eigenvalue weighted by molar-refractivity contribution is -0.146. The Hall–Kier alpha value is -1.75. The summed E-state index contributed by atoms with van der Waals surface area (Å²) in [4.78, 5) is 23.8. The van der Waals surface area contributed by atoms with Crippen LogP contribution in [-0.4, -0.2) is 32.1 Å². The molecule has 0 aliphatic heterocycles. The molecular weight excluding hydrogens is 294 g/mol. The van der Waals surface area contributed by atoms with Gasteiger partial charge < -0.3 is 14.8 Å². The van der Waals surface area contributed by atoms with Crippen molar-refractivity contribution < 1.29 is 19.1 Å². The summed E-state index contributed by atoms with van der Waals surface area (Å²) in [5.74, 6) is -0.318. The van der Waals surface area contributed by atoms with Crippen LogP contribution < -0.4 is 10.1 Å². The van der Waals surface area contributed by atoms with E-state index >= 15 is 0 Å². The van der Waals surface area contributed by atoms with Crippen LogP contribution in [0.1, 0.15) is 19.4 Å². The molecule has 21 heavy (non-hydrogen) atoms. The van der Waals surface area contributed by atoms with Gasteiger partial charge in [-0.25, -0.2) is 4.79 Å². The summed E-state index contributed by atoms with van der Waals surface area (Å²) in [6.07, 6.45) is 0.0308. The largest absolute Gasteiger partial charge is 0.496 e. The number of esters is 1. The summed E-state index contributed by atoms with van der Waals surface area (Å²) < 4.78 is 9.88. The standard InChI is InChI=1S/C15H20ClNO4/c1-9(2)14(15(19)21-4)17-13(18)8-10-11(16)6-5-7-12(10)20-3/h5-7,9,14H,8H2,1-4H3,(H,17,18). The highest BCUT2D eigenvalue weighted by atomic mass is 35.5. The number of halogens is 1. The van der Waals surface area contributed by atoms with E-state index in [4.69, 9.17) is 16.3 Å². The number of carbonyl (C=O) groups is 2. The molecule has 1 aromatic carbocycles. The Labute approximate surface area is 129 Å². The Morgan fingerprint density at radius 2 is 1.95 bits per heavy atom. The summed E-state index contributed by atoms with van der Waals surface area (Å²) in [5, 5.41) is 3.11. The number of rotatable bonds is 6. The van der Waals surface area contributed by atoms with E-state index in [0.29, 0.717) is 16.3 Å². The molecule has 0 heterocycles. The highest BCUT2D eigenvalue weighted by Crippen LogP contribution is 2.26. The van der Waals surface area contributed by atoms with Crippen LogP contribution in [0.2, 0.25) is 5.02 Å². The number of nitrogens with one attached hydrogen (secondary N) is 1. The molecule has 0 radical (unpaired) electrons. The molecule has 5 nitrogen and oxygen atoms in total. The number of carbonyl (C=O) groups excluding carboxylic acids is 2. The van der Waals surface area contributed by atoms with E-state index in [1.54, 1.807) is 18.2 Å². The maximum Gasteiger partial charge on any atom is 0.328 e. The van der Waals surface area contributed by atoms with Crippen molar-refractivity contribution in [2.75, 3.05) is 14.2 Å². The molecule has 0 saturated heterocycles. The van der Waals surface area contributed by atoms with E-state index in [-0.39, 0.29) is 18.2 Å². The fourth-order valence-corrected chi connectivity index (χ4v) is 2.14. The summed E-state index contributed by atoms with van der Waals surface area (Å²) in [5.41, 5.74) is 0.589. The second-order valence-corrected chi connectivity index (χ2v) is 5.32. The van der Waals surface area contributed by atoms with Crippen molar-refractivity contribution in [2.24, 2.45) is 5.92 Å². The average Bonchev–Trinajstić information content (AvgIpc) is 2.45. The number of hydrogen-bond donors (Lipinski definition) is 1. The van der Waals surface area contributed by atoms with E-state index in [1.807, 2.05) is 13.8 Å². The molecule has 1 N–H and O–H groups in total. The van der Waals surface area contributed by atoms with Crippen LogP contribution >= 0.6 is 11.6 Å². The first-order valence-corrected chi connectivity index (χ1v) is 6.97. The summed E-state index contributed by atoms with van der Waals surface area (Å²) in [7, 11) is 2.80. The van der Waals surface area contributed by atoms with Gasteiger partial charge in [-0.3, -0.25) is 4.79 Å². The lowest BCUT2D eigenvalue weighted by atomic mass is 10.0. The number of hydrogen-bond acceptors (Lipinski definition) is 4. The molecule has 0 bridgehead atoms. The van der Waals surface area contributed by atoms with Crippen LogP contribution in [0.15, 0.2) is 18.2 Å². The van der Waals surface area contributed by atoms with Gasteiger partial charge >= 0.3 is 5.97 Å². The molecule has 0 fully saturated rings. The van der Waals surface area contributed by atoms with Crippen LogP contribution in [-0.2, 0) is 20.7 Å². The lowest BCUT2D eigenvalue weighted by Crippen LogP contribution is -2.45. The minimum Gasteiger partial charge on any atom is -0.496 e. The molecule has 1 rings (SSSR count). The van der Waals surface area contributed by atoms with Crippen molar-refractivity contribution >= 4 is 23.5 Å². The first kappa shape index (κ1) is 17.3. The van der Waals surface area contributed by atoms with Gasteiger partial charge in [0.2, 0.25) is 5.91 Å². The number of amides is 1. The summed E-state index contributed by atoms with van der Waals surface area (Å²) >= 11 is 6.09. The van der Waals surface area contributed by atoms with Gasteiger partial charge in [0.1, 0.15) is 11.8 Å². The van der Waals surface area contributed by atoms with E-state index in [1.165, 1.54) is 14.2 Å². The van der Waals surface area contributed by atoms with Crippen molar-refractivity contribution in [3.8, 4) is 5.75 Å². The Morgan fingerprint density at radius 1 is 1.29 bits per heavy atom. The fourth-order valence-electron chi connectivity index (χ4n) is 1.91. The maximum absolute atomic E-state index is 12.1. The Kier molecular flexibility index (Phi) is 6.49. The van der Waals surface area contributed by atoms with E-state index < -0.39 is 12.0 Å². The van der Waals surface area contributed by atoms with Crippen LogP contribution in [0.4, 0.5) is 0 Å². The molecule has 0 aliphatic rings. The molecule has 116 valence electrons. The van der Waals surface area contributed by atoms with Gasteiger partial charge in [-0.05, 0) is 18.1 Å². The second-order valence-electron chi connectivity index (χ2n) is 4.91. The zero-order chi connectivity index (χ0) is 16.0. The first-order valence-electron chi connectivity index (χ1n) is 6.59. The smallest absolute Gasteiger partial charge is 0.328 e. The molecular formula is C15H20ClNO4. The van der Waals surface area contributed by atoms with Crippen molar-refractivity contribution in [1.29, 1.82) is 0 Å². The SMILES string of the molecule is COC(=O)C(NC(=O)Cc1c(Cl)cccc1OC)C(C)C. The molecule has 1 unspecified atom stereocenters. The predicted molar refractivity (Wildman–Crippen MR) is 80.5 cm³/mol. The average molecular weight is 314 g/mol. The molecule has 0 saturated carbocycles. The lowest BCUT2D eigenvalue weighted by Gasteiger charge is -2.20. The minimum absolute atomic E-state index is 0.0308. The second kappa shape index (κ2) is 7.88. The normalized spacial score (nSPS) is 11.9. The molecule has 0 aromatic heterocycles. The molecule has 0 spiro atoms. The molecule has 1 aromatic rings. The van der Waals surface area contributed by atoms with Crippen molar-refractivity contribution in [1.82, 2.24) is 5.32 Å². The maximum atomic E-state index is 12.1. The molecule has 6 heteroatoms. The van der Waals surface area contributed by atoms with Gasteiger partial charge in [0.25, 0.3) is 0 Å². The summed E-state index contributed by atoms with van der Waals surface area (Å²) in [6, 6.07) is 4.48. The van der Waals surface area contributed by atoms with Gasteiger partial charge in [0.05, 0.1) is 20.6 Å². The molecule has 0 aliphatic carbocycles. The van der Waals surface area contributed by atoms with Gasteiger partial charge in [-0.1, -0.05) is 31.5 Å². The van der Waals surface area contributed by atoms with Crippen LogP contribution in [0, 0.1) is 5.92 Å². The number of methoxy groups -OCH3 is 2. The van der Waals surface area contributed by atoms with Crippen LogP contribution in [0.3, 0.4) is 0 Å². The minimum atomic E-state index is -0.684. The zero-order valence-corrected chi connectivity index (χ0v) is 13.4. The molecule has 1 amide bonds. The number of benzene rings is 1. The van der Waals surface area contributed by atoms with Gasteiger partial charge in [0, 0.05) is 10.6 Å². The zero-order valence-electron chi connectivity index (χ0n) is 12.6. The van der Waals surface area contributed by atoms with E-state index in [2.05, 4.69) is 10.1 Å².